The van der Waals surface area contributed by atoms with Gasteiger partial charge in [-0.3, -0.25) is 0 Å². The molecule has 31 heavy (non-hydrogen) atoms. The number of nitriles is 1. The van der Waals surface area contributed by atoms with Crippen molar-refractivity contribution in [1.29, 1.82) is 5.26 Å². The van der Waals surface area contributed by atoms with E-state index in [0.29, 0.717) is 44.6 Å². The Bertz CT molecular complexity index is 1380. The summed E-state index contributed by atoms with van der Waals surface area (Å²) in [5.74, 6) is 1.23. The minimum absolute atomic E-state index is 0.319. The molecule has 0 aliphatic rings. The predicted molar refractivity (Wildman–Crippen MR) is 120 cm³/mol. The summed E-state index contributed by atoms with van der Waals surface area (Å²) in [4.78, 5) is 16.9. The minimum Gasteiger partial charge on any atom is -0.497 e. The van der Waals surface area contributed by atoms with Crippen LogP contribution in [0.4, 0.5) is 5.69 Å². The Labute approximate surface area is 181 Å². The normalized spacial score (nSPS) is 11.2. The van der Waals surface area contributed by atoms with E-state index in [2.05, 4.69) is 16.4 Å². The number of benzene rings is 2. The van der Waals surface area contributed by atoms with Crippen molar-refractivity contribution in [3.63, 3.8) is 0 Å². The van der Waals surface area contributed by atoms with E-state index in [1.807, 2.05) is 12.1 Å². The van der Waals surface area contributed by atoms with Gasteiger partial charge < -0.3 is 19.2 Å². The van der Waals surface area contributed by atoms with Gasteiger partial charge in [0.1, 0.15) is 33.7 Å². The lowest BCUT2D eigenvalue weighted by Crippen LogP contribution is -2.02. The van der Waals surface area contributed by atoms with E-state index in [0.717, 1.165) is 5.39 Å². The van der Waals surface area contributed by atoms with Crippen LogP contribution in [0, 0.1) is 11.3 Å². The number of aromatic nitrogens is 1. The van der Waals surface area contributed by atoms with Gasteiger partial charge in [-0.2, -0.15) is 5.26 Å². The highest BCUT2D eigenvalue weighted by atomic mass is 32.1. The molecule has 0 spiro atoms. The molecule has 4 aromatic rings. The maximum atomic E-state index is 12.4. The molecule has 0 saturated heterocycles. The first-order valence-corrected chi connectivity index (χ1v) is 10.1. The van der Waals surface area contributed by atoms with Crippen LogP contribution in [0.2, 0.25) is 0 Å². The van der Waals surface area contributed by atoms with Gasteiger partial charge >= 0.3 is 5.63 Å². The van der Waals surface area contributed by atoms with Crippen molar-refractivity contribution in [2.24, 2.45) is 0 Å². The molecule has 4 rings (SSSR count). The summed E-state index contributed by atoms with van der Waals surface area (Å²) in [6.07, 6.45) is 1.55. The smallest absolute Gasteiger partial charge is 0.345 e. The van der Waals surface area contributed by atoms with Gasteiger partial charge in [0.15, 0.2) is 0 Å². The van der Waals surface area contributed by atoms with Crippen molar-refractivity contribution in [1.82, 2.24) is 4.98 Å². The number of fused-ring (bicyclic) bond motifs is 1. The Kier molecular flexibility index (Phi) is 5.69. The first kappa shape index (κ1) is 20.2. The van der Waals surface area contributed by atoms with Gasteiger partial charge in [0.05, 0.1) is 31.2 Å². The number of nitrogens with one attached hydrogen (secondary N) is 1. The summed E-state index contributed by atoms with van der Waals surface area (Å²) in [6, 6.07) is 16.5. The highest BCUT2D eigenvalue weighted by Gasteiger charge is 2.14. The number of nitrogens with zero attached hydrogens (tertiary/aromatic N) is 2. The maximum absolute atomic E-state index is 12.4. The first-order chi connectivity index (χ1) is 15.1. The molecule has 0 bridgehead atoms. The second-order valence-corrected chi connectivity index (χ2v) is 7.26. The first-order valence-electron chi connectivity index (χ1n) is 9.21. The summed E-state index contributed by atoms with van der Waals surface area (Å²) < 4.78 is 15.9. The second-order valence-electron chi connectivity index (χ2n) is 6.40. The molecule has 2 aromatic carbocycles. The highest BCUT2D eigenvalue weighted by Crippen LogP contribution is 2.30. The van der Waals surface area contributed by atoms with Crippen LogP contribution in [-0.4, -0.2) is 19.2 Å². The number of para-hydroxylation sites is 1. The third-order valence-corrected chi connectivity index (χ3v) is 5.43. The zero-order valence-electron chi connectivity index (χ0n) is 16.7. The summed E-state index contributed by atoms with van der Waals surface area (Å²) in [5.41, 5.74) is 1.84. The Hall–Kier alpha value is -4.09. The molecule has 8 heteroatoms. The minimum atomic E-state index is -0.473. The fourth-order valence-corrected chi connectivity index (χ4v) is 3.76. The van der Waals surface area contributed by atoms with Gasteiger partial charge in [0, 0.05) is 23.0 Å². The number of thiazole rings is 1. The van der Waals surface area contributed by atoms with E-state index in [1.165, 1.54) is 11.3 Å². The molecular formula is C23H17N3O4S. The van der Waals surface area contributed by atoms with E-state index >= 15 is 0 Å². The third-order valence-electron chi connectivity index (χ3n) is 4.55. The quantitative estimate of drug-likeness (QED) is 0.342. The maximum Gasteiger partial charge on any atom is 0.345 e. The molecule has 7 nitrogen and oxygen atoms in total. The average Bonchev–Trinajstić information content (AvgIpc) is 3.28. The SMILES string of the molecule is COc1ccc(N/C=C(\C#N)c2nc(-c3cc4ccccc4oc3=O)cs2)c(OC)c1. The van der Waals surface area contributed by atoms with Gasteiger partial charge in [-0.1, -0.05) is 18.2 Å². The number of allylic oxidation sites excluding steroid dienone is 1. The topological polar surface area (TPSA) is 97.4 Å². The van der Waals surface area contributed by atoms with Gasteiger partial charge in [-0.15, -0.1) is 11.3 Å². The van der Waals surface area contributed by atoms with E-state index in [1.54, 1.807) is 62.2 Å². The zero-order valence-corrected chi connectivity index (χ0v) is 17.5. The lowest BCUT2D eigenvalue weighted by molar-refractivity contribution is 0.395. The third kappa shape index (κ3) is 4.13. The molecule has 0 saturated carbocycles. The highest BCUT2D eigenvalue weighted by molar-refractivity contribution is 7.11. The molecule has 2 aromatic heterocycles. The van der Waals surface area contributed by atoms with Crippen LogP contribution >= 0.6 is 11.3 Å². The molecule has 0 fully saturated rings. The number of methoxy groups -OCH3 is 2. The van der Waals surface area contributed by atoms with Crippen LogP contribution in [0.3, 0.4) is 0 Å². The lowest BCUT2D eigenvalue weighted by atomic mass is 10.1. The average molecular weight is 431 g/mol. The summed E-state index contributed by atoms with van der Waals surface area (Å²) in [7, 11) is 3.13. The number of rotatable bonds is 6. The van der Waals surface area contributed by atoms with Crippen molar-refractivity contribution >= 4 is 33.6 Å². The van der Waals surface area contributed by atoms with E-state index < -0.39 is 5.63 Å². The van der Waals surface area contributed by atoms with E-state index in [-0.39, 0.29) is 0 Å². The van der Waals surface area contributed by atoms with Crippen LogP contribution in [0.5, 0.6) is 11.5 Å². The van der Waals surface area contributed by atoms with Gasteiger partial charge in [-0.05, 0) is 24.3 Å². The van der Waals surface area contributed by atoms with Crippen molar-refractivity contribution in [2.45, 2.75) is 0 Å². The molecule has 0 atom stereocenters. The van der Waals surface area contributed by atoms with Gasteiger partial charge in [0.2, 0.25) is 0 Å². The van der Waals surface area contributed by atoms with Crippen LogP contribution in [0.25, 0.3) is 27.8 Å². The number of hydrogen-bond donors (Lipinski definition) is 1. The molecule has 2 heterocycles. The largest absolute Gasteiger partial charge is 0.497 e. The summed E-state index contributed by atoms with van der Waals surface area (Å²) in [5, 5.41) is 15.7. The molecule has 154 valence electrons. The van der Waals surface area contributed by atoms with Gasteiger partial charge in [-0.25, -0.2) is 9.78 Å². The van der Waals surface area contributed by atoms with Gasteiger partial charge in [0.25, 0.3) is 0 Å². The Morgan fingerprint density at radius 2 is 2.03 bits per heavy atom. The van der Waals surface area contributed by atoms with E-state index in [4.69, 9.17) is 13.9 Å². The van der Waals surface area contributed by atoms with Crippen molar-refractivity contribution in [3.8, 4) is 28.8 Å². The molecule has 0 amide bonds. The predicted octanol–water partition coefficient (Wildman–Crippen LogP) is 4.91. The number of anilines is 1. The second kappa shape index (κ2) is 8.73. The van der Waals surface area contributed by atoms with Crippen molar-refractivity contribution in [3.05, 3.63) is 75.5 Å². The molecule has 0 aliphatic heterocycles. The lowest BCUT2D eigenvalue weighted by Gasteiger charge is -2.10. The Morgan fingerprint density at radius 3 is 2.81 bits per heavy atom. The fraction of sp³-hybridized carbons (Fsp3) is 0.0870. The van der Waals surface area contributed by atoms with Crippen molar-refractivity contribution < 1.29 is 13.9 Å². The fourth-order valence-electron chi connectivity index (χ4n) is 2.97. The standard InChI is InChI=1S/C23H17N3O4S/c1-28-16-7-8-18(21(10-16)29-2)25-12-15(11-24)22-26-19(13-31-22)17-9-14-5-3-4-6-20(14)30-23(17)27/h3-10,12-13,25H,1-2H3/b15-12+. The molecule has 0 aliphatic carbocycles. The summed E-state index contributed by atoms with van der Waals surface area (Å²) in [6.45, 7) is 0. The molecule has 1 N–H and O–H groups in total. The van der Waals surface area contributed by atoms with Crippen LogP contribution in [0.15, 0.2) is 69.3 Å². The Balaban J connectivity index is 1.64. The molecule has 0 unspecified atom stereocenters. The Morgan fingerprint density at radius 1 is 1.19 bits per heavy atom. The number of ether oxygens (including phenoxy) is 2. The van der Waals surface area contributed by atoms with Crippen molar-refractivity contribution in [2.75, 3.05) is 19.5 Å². The van der Waals surface area contributed by atoms with Crippen LogP contribution < -0.4 is 20.4 Å². The summed E-state index contributed by atoms with van der Waals surface area (Å²) >= 11 is 1.27. The zero-order chi connectivity index (χ0) is 21.8. The number of hydrogen-bond acceptors (Lipinski definition) is 8. The molecular weight excluding hydrogens is 414 g/mol. The monoisotopic (exact) mass is 431 g/mol. The molecule has 0 radical (unpaired) electrons. The van der Waals surface area contributed by atoms with Crippen LogP contribution in [0.1, 0.15) is 5.01 Å². The van der Waals surface area contributed by atoms with Crippen LogP contribution in [-0.2, 0) is 0 Å². The van der Waals surface area contributed by atoms with E-state index in [9.17, 15) is 10.1 Å².